The van der Waals surface area contributed by atoms with Crippen molar-refractivity contribution in [3.63, 3.8) is 0 Å². The minimum absolute atomic E-state index is 0.155. The largest absolute Gasteiger partial charge is 0.306 e. The van der Waals surface area contributed by atoms with E-state index in [2.05, 4.69) is 49.4 Å². The highest BCUT2D eigenvalue weighted by Gasteiger charge is 2.14. The average molecular weight is 337 g/mol. The summed E-state index contributed by atoms with van der Waals surface area (Å²) in [6, 6.07) is 13.2. The highest BCUT2D eigenvalue weighted by molar-refractivity contribution is 5.36. The Morgan fingerprint density at radius 1 is 1.12 bits per heavy atom. The Bertz CT molecular complexity index is 883. The van der Waals surface area contributed by atoms with E-state index >= 15 is 0 Å². The van der Waals surface area contributed by atoms with Crippen LogP contribution in [0.15, 0.2) is 48.7 Å². The van der Waals surface area contributed by atoms with Gasteiger partial charge in [-0.3, -0.25) is 0 Å². The normalized spacial score (nSPS) is 12.4. The lowest BCUT2D eigenvalue weighted by Crippen LogP contribution is -2.19. The Kier molecular flexibility index (Phi) is 5.00. The number of nitrogens with one attached hydrogen (secondary N) is 1. The Morgan fingerprint density at radius 2 is 1.92 bits per heavy atom. The van der Waals surface area contributed by atoms with E-state index in [1.54, 1.807) is 10.7 Å². The lowest BCUT2D eigenvalue weighted by Gasteiger charge is -2.16. The first-order valence-corrected chi connectivity index (χ1v) is 8.55. The fourth-order valence-corrected chi connectivity index (χ4v) is 3.08. The summed E-state index contributed by atoms with van der Waals surface area (Å²) in [7, 11) is 0. The second-order valence-corrected chi connectivity index (χ2v) is 6.61. The van der Waals surface area contributed by atoms with Gasteiger partial charge in [0.2, 0.25) is 0 Å². The second-order valence-electron chi connectivity index (χ2n) is 6.61. The summed E-state index contributed by atoms with van der Waals surface area (Å²) >= 11 is 0. The van der Waals surface area contributed by atoms with Crippen molar-refractivity contribution in [2.45, 2.75) is 40.3 Å². The zero-order chi connectivity index (χ0) is 18.0. The first kappa shape index (κ1) is 17.4. The third-order valence-corrected chi connectivity index (χ3v) is 4.67. The van der Waals surface area contributed by atoms with Gasteiger partial charge in [-0.2, -0.15) is 5.10 Å². The lowest BCUT2D eigenvalue weighted by atomic mass is 10.0. The fourth-order valence-electron chi connectivity index (χ4n) is 3.08. The summed E-state index contributed by atoms with van der Waals surface area (Å²) in [6.07, 6.45) is 1.86. The molecule has 0 fully saturated rings. The molecule has 0 aliphatic heterocycles. The zero-order valence-electron chi connectivity index (χ0n) is 15.2. The predicted molar refractivity (Wildman–Crippen MR) is 99.4 cm³/mol. The van der Waals surface area contributed by atoms with Crippen molar-refractivity contribution in [3.05, 3.63) is 82.4 Å². The molecule has 1 heterocycles. The van der Waals surface area contributed by atoms with E-state index in [1.165, 1.54) is 28.8 Å². The molecular weight excluding hydrogens is 313 g/mol. The highest BCUT2D eigenvalue weighted by Crippen LogP contribution is 2.21. The molecule has 0 aliphatic carbocycles. The molecule has 0 saturated carbocycles. The number of hydrogen-bond donors (Lipinski definition) is 1. The van der Waals surface area contributed by atoms with E-state index in [0.29, 0.717) is 0 Å². The van der Waals surface area contributed by atoms with E-state index in [4.69, 9.17) is 0 Å². The van der Waals surface area contributed by atoms with Crippen LogP contribution >= 0.6 is 0 Å². The molecule has 0 unspecified atom stereocenters. The first-order chi connectivity index (χ1) is 12.0. The zero-order valence-corrected chi connectivity index (χ0v) is 15.2. The molecule has 1 atom stereocenters. The minimum Gasteiger partial charge on any atom is -0.306 e. The van der Waals surface area contributed by atoms with Gasteiger partial charge in [-0.1, -0.05) is 29.8 Å². The molecule has 0 amide bonds. The molecule has 0 radical (unpaired) electrons. The Hall–Kier alpha value is -2.46. The van der Waals surface area contributed by atoms with Gasteiger partial charge in [0, 0.05) is 23.8 Å². The van der Waals surface area contributed by atoms with E-state index in [9.17, 15) is 4.39 Å². The van der Waals surface area contributed by atoms with Gasteiger partial charge in [0.05, 0.1) is 11.9 Å². The maximum absolute atomic E-state index is 13.5. The SMILES string of the molecule is Cc1ccc(C)c(CN[C@H](C)c2cnn(-c3cccc(F)c3)c2C)c1. The molecule has 2 aromatic carbocycles. The van der Waals surface area contributed by atoms with Crippen LogP contribution in [0.3, 0.4) is 0 Å². The Morgan fingerprint density at radius 3 is 2.68 bits per heavy atom. The lowest BCUT2D eigenvalue weighted by molar-refractivity contribution is 0.570. The summed E-state index contributed by atoms with van der Waals surface area (Å²) in [4.78, 5) is 0. The van der Waals surface area contributed by atoms with Crippen LogP contribution < -0.4 is 5.32 Å². The molecule has 4 heteroatoms. The molecule has 0 aliphatic rings. The van der Waals surface area contributed by atoms with E-state index in [0.717, 1.165) is 23.5 Å². The van der Waals surface area contributed by atoms with Crippen LogP contribution in [0.1, 0.15) is 40.9 Å². The Labute approximate surface area is 148 Å². The predicted octanol–water partition coefficient (Wildman–Crippen LogP) is 4.79. The topological polar surface area (TPSA) is 29.9 Å². The van der Waals surface area contributed by atoms with E-state index in [1.807, 2.05) is 19.2 Å². The van der Waals surface area contributed by atoms with Gasteiger partial charge < -0.3 is 5.32 Å². The highest BCUT2D eigenvalue weighted by atomic mass is 19.1. The van der Waals surface area contributed by atoms with Gasteiger partial charge in [0.1, 0.15) is 5.82 Å². The molecule has 0 spiro atoms. The molecule has 3 aromatic rings. The van der Waals surface area contributed by atoms with Crippen molar-refractivity contribution < 1.29 is 4.39 Å². The summed E-state index contributed by atoms with van der Waals surface area (Å²) in [5, 5.41) is 8.02. The van der Waals surface area contributed by atoms with Crippen molar-refractivity contribution in [2.24, 2.45) is 0 Å². The summed E-state index contributed by atoms with van der Waals surface area (Å²) in [5.41, 5.74) is 6.75. The van der Waals surface area contributed by atoms with Gasteiger partial charge in [-0.05, 0) is 57.0 Å². The second kappa shape index (κ2) is 7.19. The van der Waals surface area contributed by atoms with Crippen molar-refractivity contribution in [2.75, 3.05) is 0 Å². The Balaban J connectivity index is 1.77. The number of aromatic nitrogens is 2. The first-order valence-electron chi connectivity index (χ1n) is 8.55. The fraction of sp³-hybridized carbons (Fsp3) is 0.286. The van der Waals surface area contributed by atoms with Crippen molar-refractivity contribution in [1.29, 1.82) is 0 Å². The summed E-state index contributed by atoms with van der Waals surface area (Å²) < 4.78 is 15.3. The molecule has 130 valence electrons. The molecule has 1 aromatic heterocycles. The number of aryl methyl sites for hydroxylation is 2. The van der Waals surface area contributed by atoms with Gasteiger partial charge in [-0.25, -0.2) is 9.07 Å². The molecule has 25 heavy (non-hydrogen) atoms. The van der Waals surface area contributed by atoms with Crippen molar-refractivity contribution >= 4 is 0 Å². The minimum atomic E-state index is -0.255. The number of hydrogen-bond acceptors (Lipinski definition) is 2. The monoisotopic (exact) mass is 337 g/mol. The van der Waals surface area contributed by atoms with Crippen LogP contribution in [0, 0.1) is 26.6 Å². The molecular formula is C21H24FN3. The van der Waals surface area contributed by atoms with Gasteiger partial charge >= 0.3 is 0 Å². The standard InChI is InChI=1S/C21H24FN3/c1-14-8-9-15(2)18(10-14)12-23-16(3)21-13-24-25(17(21)4)20-7-5-6-19(22)11-20/h5-11,13,16,23H,12H2,1-4H3/t16-/m1/s1. The third kappa shape index (κ3) is 3.80. The van der Waals surface area contributed by atoms with Gasteiger partial charge in [-0.15, -0.1) is 0 Å². The maximum atomic E-state index is 13.5. The molecule has 3 rings (SSSR count). The number of rotatable bonds is 5. The quantitative estimate of drug-likeness (QED) is 0.725. The van der Waals surface area contributed by atoms with Crippen LogP contribution in [-0.4, -0.2) is 9.78 Å². The van der Waals surface area contributed by atoms with Crippen LogP contribution in [-0.2, 0) is 6.54 Å². The third-order valence-electron chi connectivity index (χ3n) is 4.67. The maximum Gasteiger partial charge on any atom is 0.125 e. The van der Waals surface area contributed by atoms with Crippen molar-refractivity contribution in [3.8, 4) is 5.69 Å². The molecule has 0 bridgehead atoms. The molecule has 0 saturated heterocycles. The number of nitrogens with zero attached hydrogens (tertiary/aromatic N) is 2. The average Bonchev–Trinajstić information content (AvgIpc) is 2.97. The summed E-state index contributed by atoms with van der Waals surface area (Å²) in [6.45, 7) is 9.20. The van der Waals surface area contributed by atoms with Gasteiger partial charge in [0.15, 0.2) is 0 Å². The van der Waals surface area contributed by atoms with E-state index < -0.39 is 0 Å². The van der Waals surface area contributed by atoms with Crippen LogP contribution in [0.5, 0.6) is 0 Å². The van der Waals surface area contributed by atoms with Crippen LogP contribution in [0.25, 0.3) is 5.69 Å². The summed E-state index contributed by atoms with van der Waals surface area (Å²) in [5.74, 6) is -0.255. The number of halogens is 1. The molecule has 3 nitrogen and oxygen atoms in total. The van der Waals surface area contributed by atoms with E-state index in [-0.39, 0.29) is 11.9 Å². The van der Waals surface area contributed by atoms with Crippen molar-refractivity contribution in [1.82, 2.24) is 15.1 Å². The molecule has 1 N–H and O–H groups in total. The number of benzene rings is 2. The smallest absolute Gasteiger partial charge is 0.125 e. The van der Waals surface area contributed by atoms with Crippen LogP contribution in [0.2, 0.25) is 0 Å². The van der Waals surface area contributed by atoms with Gasteiger partial charge in [0.25, 0.3) is 0 Å². The van der Waals surface area contributed by atoms with Crippen LogP contribution in [0.4, 0.5) is 4.39 Å².